The van der Waals surface area contributed by atoms with Crippen LogP contribution < -0.4 is 10.6 Å². The van der Waals surface area contributed by atoms with Gasteiger partial charge in [0.25, 0.3) is 0 Å². The molecule has 0 spiro atoms. The monoisotopic (exact) mass is 358 g/mol. The van der Waals surface area contributed by atoms with Crippen molar-refractivity contribution in [3.8, 4) is 0 Å². The minimum atomic E-state index is -0.524. The Hall–Kier alpha value is -2.28. The molecule has 2 aromatic rings. The second kappa shape index (κ2) is 6.55. The van der Waals surface area contributed by atoms with Crippen LogP contribution in [0.25, 0.3) is 0 Å². The second-order valence-electron chi connectivity index (χ2n) is 7.34. The van der Waals surface area contributed by atoms with Gasteiger partial charge in [0.1, 0.15) is 5.01 Å². The normalized spacial score (nSPS) is 15.5. The van der Waals surface area contributed by atoms with E-state index in [-0.39, 0.29) is 23.8 Å². The lowest BCUT2D eigenvalue weighted by Crippen LogP contribution is -2.39. The quantitative estimate of drug-likeness (QED) is 0.861. The van der Waals surface area contributed by atoms with Gasteiger partial charge in [-0.05, 0) is 18.4 Å². The minimum Gasteiger partial charge on any atom is -0.347 e. The van der Waals surface area contributed by atoms with E-state index in [0.717, 1.165) is 17.8 Å². The number of nitrogens with one attached hydrogen (secondary N) is 2. The molecule has 132 valence electrons. The van der Waals surface area contributed by atoms with Crippen molar-refractivity contribution >= 4 is 28.3 Å². The van der Waals surface area contributed by atoms with Crippen LogP contribution >= 0.6 is 11.3 Å². The molecule has 1 heterocycles. The SMILES string of the molecule is CC(C)(C)C(=O)NCC(=O)Nc1nnc(C2(c3ccccc3)CC2)s1. The largest absolute Gasteiger partial charge is 0.347 e. The van der Waals surface area contributed by atoms with Gasteiger partial charge in [-0.2, -0.15) is 0 Å². The predicted molar refractivity (Wildman–Crippen MR) is 97.5 cm³/mol. The Morgan fingerprint density at radius 2 is 1.84 bits per heavy atom. The molecule has 25 heavy (non-hydrogen) atoms. The molecule has 1 aliphatic rings. The Bertz CT molecular complexity index is 776. The van der Waals surface area contributed by atoms with Crippen molar-refractivity contribution in [1.82, 2.24) is 15.5 Å². The van der Waals surface area contributed by atoms with E-state index in [1.54, 1.807) is 20.8 Å². The molecule has 0 atom stereocenters. The number of aromatic nitrogens is 2. The van der Waals surface area contributed by atoms with Gasteiger partial charge in [0.05, 0.1) is 6.54 Å². The summed E-state index contributed by atoms with van der Waals surface area (Å²) in [6.07, 6.45) is 2.09. The number of hydrogen-bond donors (Lipinski definition) is 2. The van der Waals surface area contributed by atoms with Gasteiger partial charge < -0.3 is 5.32 Å². The van der Waals surface area contributed by atoms with Crippen molar-refractivity contribution in [1.29, 1.82) is 0 Å². The van der Waals surface area contributed by atoms with E-state index in [1.165, 1.54) is 16.9 Å². The third-order valence-corrected chi connectivity index (χ3v) is 5.29. The van der Waals surface area contributed by atoms with Gasteiger partial charge >= 0.3 is 0 Å². The molecule has 0 bridgehead atoms. The molecule has 0 aliphatic heterocycles. The Morgan fingerprint density at radius 1 is 1.16 bits per heavy atom. The topological polar surface area (TPSA) is 84.0 Å². The van der Waals surface area contributed by atoms with Gasteiger partial charge in [0, 0.05) is 10.8 Å². The van der Waals surface area contributed by atoms with E-state index in [9.17, 15) is 9.59 Å². The Kier molecular flexibility index (Phi) is 4.60. The van der Waals surface area contributed by atoms with E-state index in [1.807, 2.05) is 18.2 Å². The van der Waals surface area contributed by atoms with E-state index in [0.29, 0.717) is 5.13 Å². The fraction of sp³-hybridized carbons (Fsp3) is 0.444. The van der Waals surface area contributed by atoms with Crippen LogP contribution in [0.15, 0.2) is 30.3 Å². The lowest BCUT2D eigenvalue weighted by molar-refractivity contribution is -0.130. The summed E-state index contributed by atoms with van der Waals surface area (Å²) in [5.74, 6) is -0.466. The maximum absolute atomic E-state index is 12.0. The summed E-state index contributed by atoms with van der Waals surface area (Å²) in [7, 11) is 0. The number of benzene rings is 1. The first-order valence-corrected chi connectivity index (χ1v) is 9.11. The van der Waals surface area contributed by atoms with Crippen LogP contribution in [-0.2, 0) is 15.0 Å². The van der Waals surface area contributed by atoms with E-state index < -0.39 is 5.41 Å². The molecule has 2 N–H and O–H groups in total. The molecular formula is C18H22N4O2S. The molecule has 6 nitrogen and oxygen atoms in total. The number of anilines is 1. The van der Waals surface area contributed by atoms with Gasteiger partial charge in [0.2, 0.25) is 16.9 Å². The number of carbonyl (C=O) groups excluding carboxylic acids is 2. The van der Waals surface area contributed by atoms with Crippen LogP contribution in [0, 0.1) is 5.41 Å². The van der Waals surface area contributed by atoms with Gasteiger partial charge in [-0.15, -0.1) is 10.2 Å². The summed E-state index contributed by atoms with van der Waals surface area (Å²) >= 11 is 1.40. The predicted octanol–water partition coefficient (Wildman–Crippen LogP) is 2.72. The maximum atomic E-state index is 12.0. The zero-order valence-electron chi connectivity index (χ0n) is 14.6. The van der Waals surface area contributed by atoms with Crippen LogP contribution in [-0.4, -0.2) is 28.6 Å². The summed E-state index contributed by atoms with van der Waals surface area (Å²) in [5.41, 5.74) is 0.661. The molecule has 0 unspecified atom stereocenters. The van der Waals surface area contributed by atoms with Crippen LogP contribution in [0.3, 0.4) is 0 Å². The van der Waals surface area contributed by atoms with E-state index in [4.69, 9.17) is 0 Å². The molecule has 0 radical (unpaired) electrons. The Morgan fingerprint density at radius 3 is 2.44 bits per heavy atom. The van der Waals surface area contributed by atoms with Crippen molar-refractivity contribution in [3.63, 3.8) is 0 Å². The molecule has 3 rings (SSSR count). The molecule has 1 aromatic heterocycles. The highest BCUT2D eigenvalue weighted by Crippen LogP contribution is 2.54. The first-order valence-electron chi connectivity index (χ1n) is 8.29. The van der Waals surface area contributed by atoms with Crippen LogP contribution in [0.2, 0.25) is 0 Å². The van der Waals surface area contributed by atoms with Crippen molar-refractivity contribution < 1.29 is 9.59 Å². The zero-order chi connectivity index (χ0) is 18.1. The smallest absolute Gasteiger partial charge is 0.245 e. The van der Waals surface area contributed by atoms with Crippen molar-refractivity contribution in [2.45, 2.75) is 39.0 Å². The molecule has 7 heteroatoms. The summed E-state index contributed by atoms with van der Waals surface area (Å²) in [6.45, 7) is 5.33. The molecule has 1 saturated carbocycles. The highest BCUT2D eigenvalue weighted by molar-refractivity contribution is 7.15. The average molecular weight is 358 g/mol. The minimum absolute atomic E-state index is 0.0532. The molecule has 1 aromatic carbocycles. The fourth-order valence-electron chi connectivity index (χ4n) is 2.56. The van der Waals surface area contributed by atoms with Gasteiger partial charge in [-0.25, -0.2) is 0 Å². The second-order valence-corrected chi connectivity index (χ2v) is 8.32. The lowest BCUT2D eigenvalue weighted by atomic mass is 9.96. The third-order valence-electron chi connectivity index (χ3n) is 4.25. The van der Waals surface area contributed by atoms with Crippen molar-refractivity contribution in [3.05, 3.63) is 40.9 Å². The first kappa shape index (κ1) is 17.5. The number of carbonyl (C=O) groups is 2. The zero-order valence-corrected chi connectivity index (χ0v) is 15.4. The van der Waals surface area contributed by atoms with Crippen molar-refractivity contribution in [2.24, 2.45) is 5.41 Å². The Balaban J connectivity index is 1.61. The first-order chi connectivity index (χ1) is 11.8. The number of hydrogen-bond acceptors (Lipinski definition) is 5. The third kappa shape index (κ3) is 3.87. The van der Waals surface area contributed by atoms with Crippen molar-refractivity contribution in [2.75, 3.05) is 11.9 Å². The standard InChI is InChI=1S/C18H22N4O2S/c1-17(2,3)14(24)19-11-13(23)20-16-22-21-15(25-16)18(9-10-18)12-7-5-4-6-8-12/h4-8H,9-11H2,1-3H3,(H,19,24)(H,20,22,23). The molecule has 1 aliphatic carbocycles. The summed E-state index contributed by atoms with van der Waals surface area (Å²) in [6, 6.07) is 10.3. The maximum Gasteiger partial charge on any atom is 0.245 e. The summed E-state index contributed by atoms with van der Waals surface area (Å²) in [5, 5.41) is 15.1. The highest BCUT2D eigenvalue weighted by atomic mass is 32.1. The van der Waals surface area contributed by atoms with Gasteiger partial charge in [0.15, 0.2) is 0 Å². The summed E-state index contributed by atoms with van der Waals surface area (Å²) in [4.78, 5) is 23.8. The highest BCUT2D eigenvalue weighted by Gasteiger charge is 2.48. The van der Waals surface area contributed by atoms with E-state index >= 15 is 0 Å². The van der Waals surface area contributed by atoms with Gasteiger partial charge in [-0.3, -0.25) is 14.9 Å². The van der Waals surface area contributed by atoms with Crippen LogP contribution in [0.1, 0.15) is 44.2 Å². The summed E-state index contributed by atoms with van der Waals surface area (Å²) < 4.78 is 0. The van der Waals surface area contributed by atoms with E-state index in [2.05, 4.69) is 33.0 Å². The fourth-order valence-corrected chi connectivity index (χ4v) is 3.59. The molecular weight excluding hydrogens is 336 g/mol. The molecule has 0 saturated heterocycles. The molecule has 1 fully saturated rings. The van der Waals surface area contributed by atoms with Gasteiger partial charge in [-0.1, -0.05) is 62.4 Å². The number of rotatable bonds is 5. The number of nitrogens with zero attached hydrogens (tertiary/aromatic N) is 2. The van der Waals surface area contributed by atoms with Crippen LogP contribution in [0.4, 0.5) is 5.13 Å². The lowest BCUT2D eigenvalue weighted by Gasteiger charge is -2.17. The molecule has 2 amide bonds. The van der Waals surface area contributed by atoms with Crippen LogP contribution in [0.5, 0.6) is 0 Å². The average Bonchev–Trinajstić information content (AvgIpc) is 3.26. The number of amides is 2. The Labute approximate surface area is 151 Å².